The number of carbonyl (C=O) groups is 2. The molecule has 7 atom stereocenters. The van der Waals surface area contributed by atoms with Crippen molar-refractivity contribution < 1.29 is 82.2 Å². The van der Waals surface area contributed by atoms with Crippen molar-refractivity contribution in [3.63, 3.8) is 0 Å². The molecule has 692 valence electrons. The standard InChI is InChI=1S/2C17H19NO.C16H18N2O.C10H13NO.C9H6ClNO2S.C9H7NO2S.C9H11NO2.C9H13NO.C8H8Br2.CH4.ClH.Na.H/c2*1-2-6-17-13-19-12-15(7-8-16(17)5-1)10-14-4-3-9-18-11-14;1-2-6-15-11-19-12-16(18-10-14(15)5-1)8-13-4-3-7-17-9-13;1-8(9(2)12)6-10-4-3-5-11-7-10;10-14(12,13)8-5-1-3-7-4-2-6-11-9(7)8;11-13(12)8-5-1-3-7-4-2-6-10-9(7)8;1-7(9(11)12)5-8-3-2-4-10-6-8;1-8(7-11)5-9-3-2-4-10-6-9;9-5-7-3-1-2-4-8(7)6-10;;;;/h2*1-6,9,11,15H,7-8,10,12-13H2;1-7,9,16,18H,8,10-12H2;3-5,7-8H,6H2,1-2H3;1-6H;1-6H,(H,11,12);2-4,6-7H,5H2,1H3,(H,11,12);2-4,6,8,11H,5,7H2,1H3;1-4H,5-6H2;1H4;1H;;/q;;;;;;;;;;;+1;-1/p-1/t2*15-;16-;8-;;;7-;8-;;;;;/m1111..11...../s1. The van der Waals surface area contributed by atoms with E-state index in [9.17, 15) is 26.8 Å². The SMILES string of the molecule is BrCc1ccccc1CBr.C.CC(=O)[C@H](C)Cc1cccnc1.C[C@@H](CO)Cc1cccnc1.C[C@H](Cc1cccnc1)C(=O)O.Cl.O=S(=O)(Cl)c1cccc2cccnc12.O=S([O-])c1cccc2cccnc12.[H-].[Na+].c1cncc(C[C@@H]2COCc3ccccc3CN2)c1.c1cncc(C[C@H]2CCc3ccccc3COC2)c1.c1cncc(C[C@H]2CCc3ccccc3COC2)c1. The van der Waals surface area contributed by atoms with Crippen LogP contribution in [0.5, 0.6) is 0 Å². The molecule has 14 aromatic rings. The van der Waals surface area contributed by atoms with Crippen molar-refractivity contribution >= 4 is 109 Å². The number of aliphatic hydroxyl groups excluding tert-OH is 1. The van der Waals surface area contributed by atoms with E-state index in [1.165, 1.54) is 91.9 Å². The fraction of sp³-hybridized carbons (Fsp3) is 0.295. The van der Waals surface area contributed by atoms with E-state index < -0.39 is 26.1 Å². The van der Waals surface area contributed by atoms with Crippen LogP contribution in [0.1, 0.15) is 127 Å². The number of alkyl halides is 2. The Bertz CT molecular complexity index is 5450. The Labute approximate surface area is 832 Å². The van der Waals surface area contributed by atoms with Gasteiger partial charge in [0.2, 0.25) is 0 Å². The number of carboxylic acid groups (broad SMARTS) is 1. The van der Waals surface area contributed by atoms with Crippen LogP contribution in [0.4, 0.5) is 0 Å². The maximum Gasteiger partial charge on any atom is 1.00 e. The van der Waals surface area contributed by atoms with Gasteiger partial charge in [-0.2, -0.15) is 0 Å². The molecule has 0 saturated heterocycles. The van der Waals surface area contributed by atoms with Crippen molar-refractivity contribution in [3.05, 3.63) is 395 Å². The molecule has 0 radical (unpaired) electrons. The molecule has 3 aliphatic rings. The van der Waals surface area contributed by atoms with Gasteiger partial charge in [0, 0.05) is 144 Å². The predicted octanol–water partition coefficient (Wildman–Crippen LogP) is 18.9. The summed E-state index contributed by atoms with van der Waals surface area (Å²) in [6, 6.07) is 75.4. The van der Waals surface area contributed by atoms with E-state index in [1.807, 2.05) is 124 Å². The Morgan fingerprint density at radius 2 is 0.848 bits per heavy atom. The summed E-state index contributed by atoms with van der Waals surface area (Å²) in [7, 11) is 1.55. The molecule has 0 bridgehead atoms. The number of nitrogens with zero attached hydrogens (tertiary/aromatic N) is 8. The topological polar surface area (TPSA) is 292 Å². The summed E-state index contributed by atoms with van der Waals surface area (Å²) < 4.78 is 61.4. The van der Waals surface area contributed by atoms with Gasteiger partial charge in [-0.05, 0) is 239 Å². The van der Waals surface area contributed by atoms with Crippen molar-refractivity contribution in [2.24, 2.45) is 29.6 Å². The van der Waals surface area contributed by atoms with Crippen LogP contribution in [0.15, 0.2) is 327 Å². The fourth-order valence-corrected chi connectivity index (χ4v) is 16.8. The van der Waals surface area contributed by atoms with Crippen molar-refractivity contribution in [2.45, 2.75) is 152 Å². The van der Waals surface area contributed by atoms with Crippen molar-refractivity contribution in [3.8, 4) is 0 Å². The number of Topliss-reactive ketones (excluding diaryl/α,β-unsaturated/α-hetero) is 1. The second-order valence-corrected chi connectivity index (χ2v) is 36.1. The van der Waals surface area contributed by atoms with Gasteiger partial charge in [-0.25, -0.2) is 8.42 Å². The van der Waals surface area contributed by atoms with Crippen LogP contribution < -0.4 is 34.9 Å². The average molecular weight is 2000 g/mol. The first-order valence-electron chi connectivity index (χ1n) is 43.0. The van der Waals surface area contributed by atoms with Crippen molar-refractivity contribution in [1.82, 2.24) is 45.2 Å². The normalized spacial score (nSPS) is 14.9. The summed E-state index contributed by atoms with van der Waals surface area (Å²) in [4.78, 5) is 54.1. The van der Waals surface area contributed by atoms with Gasteiger partial charge in [0.25, 0.3) is 9.05 Å². The van der Waals surface area contributed by atoms with Gasteiger partial charge in [-0.15, -0.1) is 12.4 Å². The second kappa shape index (κ2) is 62.9. The number of ether oxygens (including phenoxy) is 3. The Kier molecular flexibility index (Phi) is 53.1. The molecule has 11 heterocycles. The molecular weight excluding hydrogens is 1880 g/mol. The minimum absolute atomic E-state index is 0. The third-order valence-electron chi connectivity index (χ3n) is 21.4. The summed E-state index contributed by atoms with van der Waals surface area (Å²) in [5.74, 6) is 0.760. The summed E-state index contributed by atoms with van der Waals surface area (Å²) in [6.07, 6.45) is 35.0. The molecule has 0 aliphatic carbocycles. The number of hydrogen-bond acceptors (Lipinski definition) is 19. The first-order valence-corrected chi connectivity index (χ1v) is 48.6. The zero-order valence-electron chi connectivity index (χ0n) is 75.6. The number of aryl methyl sites for hydroxylation is 2. The van der Waals surface area contributed by atoms with Gasteiger partial charge in [0.05, 0.1) is 61.5 Å². The zero-order valence-corrected chi connectivity index (χ0v) is 83.0. The van der Waals surface area contributed by atoms with Gasteiger partial charge >= 0.3 is 35.5 Å². The molecule has 0 saturated carbocycles. The zero-order chi connectivity index (χ0) is 91.6. The Morgan fingerprint density at radius 3 is 1.26 bits per heavy atom. The Balaban J connectivity index is 0.000000266. The number of rotatable bonds is 19. The maximum atomic E-state index is 11.2. The van der Waals surface area contributed by atoms with Crippen LogP contribution in [0, 0.1) is 29.6 Å². The Hall–Kier alpha value is -9.42. The number of benzene rings is 6. The molecule has 20 nitrogen and oxygen atoms in total. The number of aromatic nitrogens is 8. The van der Waals surface area contributed by atoms with Crippen LogP contribution in [0.2, 0.25) is 0 Å². The van der Waals surface area contributed by atoms with E-state index in [-0.39, 0.29) is 84.8 Å². The molecule has 0 spiro atoms. The molecule has 3 aliphatic heterocycles. The maximum absolute atomic E-state index is 11.2. The van der Waals surface area contributed by atoms with E-state index in [0.717, 1.165) is 117 Å². The number of halogens is 4. The van der Waals surface area contributed by atoms with E-state index in [0.29, 0.717) is 47.9 Å². The molecule has 17 rings (SSSR count). The minimum Gasteiger partial charge on any atom is -1.00 e. The molecular formula is C105H119Br2Cl2N9NaO11S2-. The number of fused-ring (bicyclic) bond motifs is 5. The Morgan fingerprint density at radius 1 is 0.485 bits per heavy atom. The largest absolute Gasteiger partial charge is 1.00 e. The number of aliphatic hydroxyl groups is 1. The first kappa shape index (κ1) is 111. The molecule has 0 fully saturated rings. The number of ketones is 1. The molecule has 6 aromatic carbocycles. The third-order valence-corrected chi connectivity index (χ3v) is 24.6. The molecule has 27 heteroatoms. The average Bonchev–Trinajstić information content (AvgIpc) is 0.799. The third kappa shape index (κ3) is 40.8. The summed E-state index contributed by atoms with van der Waals surface area (Å²) in [6.45, 7) is 13.1. The van der Waals surface area contributed by atoms with E-state index in [4.69, 9.17) is 35.1 Å². The number of nitrogens with one attached hydrogen (secondary N) is 1. The fourth-order valence-electron chi connectivity index (χ4n) is 14.2. The van der Waals surface area contributed by atoms with Crippen LogP contribution >= 0.6 is 54.9 Å². The monoisotopic (exact) mass is 2000 g/mol. The van der Waals surface area contributed by atoms with Crippen LogP contribution in [0.3, 0.4) is 0 Å². The van der Waals surface area contributed by atoms with Crippen LogP contribution in [0.25, 0.3) is 21.8 Å². The second-order valence-electron chi connectivity index (χ2n) is 31.5. The van der Waals surface area contributed by atoms with Gasteiger partial charge in [-0.1, -0.05) is 230 Å². The van der Waals surface area contributed by atoms with Gasteiger partial charge in [0.1, 0.15) is 10.7 Å². The van der Waals surface area contributed by atoms with Crippen molar-refractivity contribution in [2.75, 3.05) is 26.4 Å². The van der Waals surface area contributed by atoms with E-state index >= 15 is 0 Å². The molecule has 132 heavy (non-hydrogen) atoms. The van der Waals surface area contributed by atoms with Crippen LogP contribution in [-0.4, -0.2) is 111 Å². The molecule has 0 amide bonds. The number of para-hydroxylation sites is 2. The van der Waals surface area contributed by atoms with E-state index in [1.54, 1.807) is 93.5 Å². The number of aliphatic carboxylic acids is 1. The summed E-state index contributed by atoms with van der Waals surface area (Å²) >= 11 is 4.64. The summed E-state index contributed by atoms with van der Waals surface area (Å²) in [5.41, 5.74) is 19.0. The number of carbonyl (C=O) groups excluding carboxylic acids is 1. The summed E-state index contributed by atoms with van der Waals surface area (Å²) in [5, 5.41) is 24.4. The van der Waals surface area contributed by atoms with Gasteiger partial charge in [-0.3, -0.25) is 53.7 Å². The van der Waals surface area contributed by atoms with Crippen LogP contribution in [-0.2, 0) is 132 Å². The quantitative estimate of drug-likeness (QED) is 0.0293. The molecule has 1 unspecified atom stereocenters. The molecule has 8 aromatic heterocycles. The van der Waals surface area contributed by atoms with E-state index in [2.05, 4.69) is 192 Å². The number of hydrogen-bond donors (Lipinski definition) is 3. The first-order chi connectivity index (χ1) is 62.7. The minimum atomic E-state index is -3.72. The van der Waals surface area contributed by atoms with Gasteiger partial charge < -0.3 is 35.7 Å². The number of carboxylic acids is 1. The number of pyridine rings is 8. The molecule has 3 N–H and O–H groups in total. The smallest absolute Gasteiger partial charge is 1.00 e. The van der Waals surface area contributed by atoms with Gasteiger partial charge in [0.15, 0.2) is 0 Å². The van der Waals surface area contributed by atoms with Crippen molar-refractivity contribution in [1.29, 1.82) is 0 Å². The predicted molar refractivity (Wildman–Crippen MR) is 534 cm³/mol.